The monoisotopic (exact) mass is 252 g/mol. The number of rotatable bonds is 6. The van der Waals surface area contributed by atoms with Crippen molar-refractivity contribution in [2.75, 3.05) is 6.54 Å². The van der Waals surface area contributed by atoms with Gasteiger partial charge in [0.15, 0.2) is 0 Å². The Hall–Kier alpha value is -1.00. The van der Waals surface area contributed by atoms with Crippen molar-refractivity contribution in [3.8, 4) is 0 Å². The number of hydrogen-bond donors (Lipinski definition) is 1. The predicted octanol–water partition coefficient (Wildman–Crippen LogP) is 3.50. The van der Waals surface area contributed by atoms with Crippen molar-refractivity contribution in [1.29, 1.82) is 0 Å². The van der Waals surface area contributed by atoms with Crippen LogP contribution in [-0.2, 0) is 6.42 Å². The topological polar surface area (TPSA) is 38.9 Å². The third kappa shape index (κ3) is 3.48. The minimum Gasteiger partial charge on any atom is -0.330 e. The molecule has 0 spiro atoms. The summed E-state index contributed by atoms with van der Waals surface area (Å²) in [6, 6.07) is 4.80. The van der Waals surface area contributed by atoms with Crippen molar-refractivity contribution in [3.05, 3.63) is 29.0 Å². The normalized spacial score (nSPS) is 11.2. The number of hydrogen-bond acceptors (Lipinski definition) is 3. The van der Waals surface area contributed by atoms with Gasteiger partial charge in [-0.25, -0.2) is 9.37 Å². The van der Waals surface area contributed by atoms with Gasteiger partial charge in [-0.2, -0.15) is 0 Å². The summed E-state index contributed by atoms with van der Waals surface area (Å²) in [4.78, 5) is 4.45. The molecular formula is C13H17FN2S. The highest BCUT2D eigenvalue weighted by molar-refractivity contribution is 7.18. The van der Waals surface area contributed by atoms with Crippen LogP contribution in [0.3, 0.4) is 0 Å². The second kappa shape index (κ2) is 6.07. The fourth-order valence-corrected chi connectivity index (χ4v) is 2.82. The number of halogens is 1. The minimum atomic E-state index is -0.211. The number of fused-ring (bicyclic) bond motifs is 1. The number of unbranched alkanes of at least 4 members (excludes halogenated alkanes) is 3. The molecule has 2 aromatic rings. The Balaban J connectivity index is 1.91. The van der Waals surface area contributed by atoms with Gasteiger partial charge in [0.2, 0.25) is 0 Å². The SMILES string of the molecule is NCCCCCCc1nc2cc(F)ccc2s1. The van der Waals surface area contributed by atoms with E-state index in [0.717, 1.165) is 41.0 Å². The van der Waals surface area contributed by atoms with E-state index in [1.165, 1.54) is 25.0 Å². The smallest absolute Gasteiger partial charge is 0.125 e. The van der Waals surface area contributed by atoms with Crippen LogP contribution in [0.2, 0.25) is 0 Å². The number of thiazole rings is 1. The van der Waals surface area contributed by atoms with E-state index >= 15 is 0 Å². The van der Waals surface area contributed by atoms with E-state index in [0.29, 0.717) is 0 Å². The third-order valence-electron chi connectivity index (χ3n) is 2.74. The average molecular weight is 252 g/mol. The van der Waals surface area contributed by atoms with Gasteiger partial charge in [-0.1, -0.05) is 12.8 Å². The van der Waals surface area contributed by atoms with Gasteiger partial charge in [0, 0.05) is 6.07 Å². The first kappa shape index (κ1) is 12.5. The summed E-state index contributed by atoms with van der Waals surface area (Å²) in [7, 11) is 0. The maximum absolute atomic E-state index is 13.0. The number of aromatic nitrogens is 1. The van der Waals surface area contributed by atoms with Crippen molar-refractivity contribution in [2.45, 2.75) is 32.1 Å². The fourth-order valence-electron chi connectivity index (χ4n) is 1.83. The molecule has 2 N–H and O–H groups in total. The first-order valence-corrected chi connectivity index (χ1v) is 6.86. The molecule has 1 aromatic heterocycles. The Labute approximate surface area is 105 Å². The molecule has 0 aliphatic rings. The van der Waals surface area contributed by atoms with E-state index in [-0.39, 0.29) is 5.82 Å². The van der Waals surface area contributed by atoms with Gasteiger partial charge in [-0.15, -0.1) is 11.3 Å². The van der Waals surface area contributed by atoms with Gasteiger partial charge in [0.25, 0.3) is 0 Å². The Kier molecular flexibility index (Phi) is 4.45. The summed E-state index contributed by atoms with van der Waals surface area (Å²) in [6.07, 6.45) is 5.62. The molecule has 0 saturated carbocycles. The van der Waals surface area contributed by atoms with Crippen LogP contribution in [0, 0.1) is 5.82 Å². The van der Waals surface area contributed by atoms with Crippen LogP contribution in [-0.4, -0.2) is 11.5 Å². The summed E-state index contributed by atoms with van der Waals surface area (Å²) < 4.78 is 14.1. The highest BCUT2D eigenvalue weighted by atomic mass is 32.1. The van der Waals surface area contributed by atoms with Crippen molar-refractivity contribution >= 4 is 21.6 Å². The van der Waals surface area contributed by atoms with Crippen LogP contribution in [0.15, 0.2) is 18.2 Å². The largest absolute Gasteiger partial charge is 0.330 e. The summed E-state index contributed by atoms with van der Waals surface area (Å²) in [5.74, 6) is -0.211. The quantitative estimate of drug-likeness (QED) is 0.799. The molecule has 0 aliphatic heterocycles. The molecule has 0 atom stereocenters. The van der Waals surface area contributed by atoms with Crippen molar-refractivity contribution in [1.82, 2.24) is 4.98 Å². The highest BCUT2D eigenvalue weighted by Crippen LogP contribution is 2.24. The minimum absolute atomic E-state index is 0.211. The van der Waals surface area contributed by atoms with Gasteiger partial charge in [-0.05, 0) is 37.9 Å². The van der Waals surface area contributed by atoms with Crippen LogP contribution in [0.4, 0.5) is 4.39 Å². The van der Waals surface area contributed by atoms with E-state index in [9.17, 15) is 4.39 Å². The maximum Gasteiger partial charge on any atom is 0.125 e. The standard InChI is InChI=1S/C13H17FN2S/c14-10-6-7-12-11(9-10)16-13(17-12)5-3-1-2-4-8-15/h6-7,9H,1-5,8,15H2. The van der Waals surface area contributed by atoms with E-state index < -0.39 is 0 Å². The second-order valence-corrected chi connectivity index (χ2v) is 5.29. The van der Waals surface area contributed by atoms with Crippen LogP contribution in [0.1, 0.15) is 30.7 Å². The molecule has 92 valence electrons. The summed E-state index contributed by atoms with van der Waals surface area (Å²) in [5.41, 5.74) is 6.23. The predicted molar refractivity (Wildman–Crippen MR) is 70.8 cm³/mol. The third-order valence-corrected chi connectivity index (χ3v) is 3.83. The lowest BCUT2D eigenvalue weighted by atomic mass is 10.1. The zero-order chi connectivity index (χ0) is 12.1. The molecule has 0 radical (unpaired) electrons. The zero-order valence-electron chi connectivity index (χ0n) is 9.79. The Morgan fingerprint density at radius 1 is 1.18 bits per heavy atom. The van der Waals surface area contributed by atoms with Gasteiger partial charge >= 0.3 is 0 Å². The average Bonchev–Trinajstić information content (AvgIpc) is 2.70. The molecule has 2 nitrogen and oxygen atoms in total. The van der Waals surface area contributed by atoms with Gasteiger partial charge < -0.3 is 5.73 Å². The number of aryl methyl sites for hydroxylation is 1. The molecular weight excluding hydrogens is 235 g/mol. The molecule has 1 aromatic carbocycles. The summed E-state index contributed by atoms with van der Waals surface area (Å²) in [6.45, 7) is 0.778. The van der Waals surface area contributed by atoms with Gasteiger partial charge in [-0.3, -0.25) is 0 Å². The van der Waals surface area contributed by atoms with Crippen LogP contribution in [0.5, 0.6) is 0 Å². The van der Waals surface area contributed by atoms with E-state index in [4.69, 9.17) is 5.73 Å². The zero-order valence-corrected chi connectivity index (χ0v) is 10.6. The molecule has 0 saturated heterocycles. The first-order valence-electron chi connectivity index (χ1n) is 6.04. The highest BCUT2D eigenvalue weighted by Gasteiger charge is 2.04. The van der Waals surface area contributed by atoms with Crippen molar-refractivity contribution < 1.29 is 4.39 Å². The first-order chi connectivity index (χ1) is 8.29. The summed E-state index contributed by atoms with van der Waals surface area (Å²) >= 11 is 1.67. The lowest BCUT2D eigenvalue weighted by Gasteiger charge is -1.97. The Morgan fingerprint density at radius 2 is 2.00 bits per heavy atom. The number of nitrogens with zero attached hydrogens (tertiary/aromatic N) is 1. The van der Waals surface area contributed by atoms with Crippen molar-refractivity contribution in [2.24, 2.45) is 5.73 Å². The van der Waals surface area contributed by atoms with Crippen LogP contribution >= 0.6 is 11.3 Å². The molecule has 0 fully saturated rings. The van der Waals surface area contributed by atoms with Crippen LogP contribution in [0.25, 0.3) is 10.2 Å². The van der Waals surface area contributed by atoms with E-state index in [1.54, 1.807) is 17.4 Å². The molecule has 2 rings (SSSR count). The number of nitrogens with two attached hydrogens (primary N) is 1. The molecule has 4 heteroatoms. The molecule has 1 heterocycles. The molecule has 0 amide bonds. The number of benzene rings is 1. The Bertz CT molecular complexity index is 481. The van der Waals surface area contributed by atoms with E-state index in [1.807, 2.05) is 0 Å². The lowest BCUT2D eigenvalue weighted by Crippen LogP contribution is -1.97. The maximum atomic E-state index is 13.0. The molecule has 0 bridgehead atoms. The summed E-state index contributed by atoms with van der Waals surface area (Å²) in [5, 5.41) is 1.11. The molecule has 0 aliphatic carbocycles. The fraction of sp³-hybridized carbons (Fsp3) is 0.462. The molecule has 0 unspecified atom stereocenters. The van der Waals surface area contributed by atoms with E-state index in [2.05, 4.69) is 4.98 Å². The van der Waals surface area contributed by atoms with Gasteiger partial charge in [0.1, 0.15) is 5.82 Å². The molecule has 17 heavy (non-hydrogen) atoms. The van der Waals surface area contributed by atoms with Crippen molar-refractivity contribution in [3.63, 3.8) is 0 Å². The van der Waals surface area contributed by atoms with Gasteiger partial charge in [0.05, 0.1) is 15.2 Å². The van der Waals surface area contributed by atoms with Crippen LogP contribution < -0.4 is 5.73 Å². The lowest BCUT2D eigenvalue weighted by molar-refractivity contribution is 0.629. The Morgan fingerprint density at radius 3 is 2.82 bits per heavy atom. The second-order valence-electron chi connectivity index (χ2n) is 4.17.